The predicted molar refractivity (Wildman–Crippen MR) is 73.9 cm³/mol. The Labute approximate surface area is 111 Å². The van der Waals surface area contributed by atoms with E-state index in [9.17, 15) is 4.79 Å². The average molecular weight is 256 g/mol. The van der Waals surface area contributed by atoms with Gasteiger partial charge in [-0.05, 0) is 26.3 Å². The van der Waals surface area contributed by atoms with Crippen molar-refractivity contribution in [1.82, 2.24) is 9.80 Å². The lowest BCUT2D eigenvalue weighted by molar-refractivity contribution is -0.138. The van der Waals surface area contributed by atoms with Crippen LogP contribution in [-0.2, 0) is 4.79 Å². The first-order chi connectivity index (χ1) is 8.63. The lowest BCUT2D eigenvalue weighted by atomic mass is 10.1. The third-order valence-electron chi connectivity index (χ3n) is 3.83. The Morgan fingerprint density at radius 3 is 2.67 bits per heavy atom. The fourth-order valence-electron chi connectivity index (χ4n) is 2.65. The largest absolute Gasteiger partial charge is 0.480 e. The third kappa shape index (κ3) is 5.83. The molecule has 0 amide bonds. The maximum Gasteiger partial charge on any atom is 0.317 e. The van der Waals surface area contributed by atoms with Crippen molar-refractivity contribution < 1.29 is 9.90 Å². The van der Waals surface area contributed by atoms with Gasteiger partial charge in [-0.1, -0.05) is 26.2 Å². The van der Waals surface area contributed by atoms with Crippen LogP contribution in [-0.4, -0.2) is 59.6 Å². The van der Waals surface area contributed by atoms with Gasteiger partial charge in [-0.15, -0.1) is 0 Å². The molecule has 1 N–H and O–H groups in total. The summed E-state index contributed by atoms with van der Waals surface area (Å²) in [6, 6.07) is 0.640. The van der Waals surface area contributed by atoms with Crippen LogP contribution in [0.2, 0.25) is 0 Å². The Bertz CT molecular complexity index is 246. The van der Waals surface area contributed by atoms with Crippen LogP contribution >= 0.6 is 0 Å². The molecule has 18 heavy (non-hydrogen) atoms. The summed E-state index contributed by atoms with van der Waals surface area (Å²) in [5.41, 5.74) is 0. The molecule has 0 aromatic carbocycles. The van der Waals surface area contributed by atoms with E-state index in [1.807, 2.05) is 0 Å². The number of hydrogen-bond donors (Lipinski definition) is 1. The van der Waals surface area contributed by atoms with Gasteiger partial charge in [0.05, 0.1) is 6.54 Å². The van der Waals surface area contributed by atoms with Crippen LogP contribution in [0.4, 0.5) is 0 Å². The highest BCUT2D eigenvalue weighted by Crippen LogP contribution is 2.12. The molecule has 1 heterocycles. The molecule has 1 fully saturated rings. The SMILES string of the molecule is CCCCCC(C)N1CCCN(CC(=O)O)CC1. The second kappa shape index (κ2) is 8.48. The van der Waals surface area contributed by atoms with Crippen molar-refractivity contribution in [2.75, 3.05) is 32.7 Å². The van der Waals surface area contributed by atoms with Crippen LogP contribution in [0.15, 0.2) is 0 Å². The quantitative estimate of drug-likeness (QED) is 0.708. The molecule has 1 saturated heterocycles. The summed E-state index contributed by atoms with van der Waals surface area (Å²) < 4.78 is 0. The molecule has 1 atom stereocenters. The van der Waals surface area contributed by atoms with Crippen molar-refractivity contribution in [1.29, 1.82) is 0 Å². The van der Waals surface area contributed by atoms with Crippen molar-refractivity contribution in [2.24, 2.45) is 0 Å². The van der Waals surface area contributed by atoms with Gasteiger partial charge in [0, 0.05) is 25.7 Å². The van der Waals surface area contributed by atoms with Gasteiger partial charge in [0.1, 0.15) is 0 Å². The number of aliphatic carboxylic acids is 1. The van der Waals surface area contributed by atoms with Crippen LogP contribution in [0.3, 0.4) is 0 Å². The summed E-state index contributed by atoms with van der Waals surface area (Å²) in [5, 5.41) is 8.82. The molecule has 1 unspecified atom stereocenters. The predicted octanol–water partition coefficient (Wildman–Crippen LogP) is 2.05. The summed E-state index contributed by atoms with van der Waals surface area (Å²) in [4.78, 5) is 15.3. The fraction of sp³-hybridized carbons (Fsp3) is 0.929. The van der Waals surface area contributed by atoms with Gasteiger partial charge in [-0.2, -0.15) is 0 Å². The molecular formula is C14H28N2O2. The Balaban J connectivity index is 2.29. The number of carboxylic acid groups (broad SMARTS) is 1. The number of rotatable bonds is 7. The van der Waals surface area contributed by atoms with Crippen LogP contribution in [0.5, 0.6) is 0 Å². The monoisotopic (exact) mass is 256 g/mol. The second-order valence-corrected chi connectivity index (χ2v) is 5.40. The lowest BCUT2D eigenvalue weighted by Crippen LogP contribution is -2.37. The van der Waals surface area contributed by atoms with Crippen molar-refractivity contribution in [3.63, 3.8) is 0 Å². The normalized spacial score (nSPS) is 20.6. The highest BCUT2D eigenvalue weighted by atomic mass is 16.4. The maximum absolute atomic E-state index is 10.7. The van der Waals surface area contributed by atoms with Crippen LogP contribution in [0.1, 0.15) is 46.0 Å². The minimum Gasteiger partial charge on any atom is -0.480 e. The van der Waals surface area contributed by atoms with Crippen LogP contribution in [0.25, 0.3) is 0 Å². The Hall–Kier alpha value is -0.610. The molecule has 0 aromatic rings. The van der Waals surface area contributed by atoms with E-state index in [1.54, 1.807) is 0 Å². The fourth-order valence-corrected chi connectivity index (χ4v) is 2.65. The van der Waals surface area contributed by atoms with E-state index in [2.05, 4.69) is 23.6 Å². The molecule has 4 heteroatoms. The number of unbranched alkanes of at least 4 members (excludes halogenated alkanes) is 2. The number of nitrogens with zero attached hydrogens (tertiary/aromatic N) is 2. The van der Waals surface area contributed by atoms with E-state index in [-0.39, 0.29) is 6.54 Å². The topological polar surface area (TPSA) is 43.8 Å². The molecule has 0 spiro atoms. The minimum absolute atomic E-state index is 0.193. The standard InChI is InChI=1S/C14H28N2O2/c1-3-4-5-7-13(2)16-9-6-8-15(10-11-16)12-14(17)18/h13H,3-12H2,1-2H3,(H,17,18). The van der Waals surface area contributed by atoms with Crippen LogP contribution in [0, 0.1) is 0 Å². The molecule has 106 valence electrons. The Kier molecular flexibility index (Phi) is 7.28. The van der Waals surface area contributed by atoms with Gasteiger partial charge < -0.3 is 5.11 Å². The molecular weight excluding hydrogens is 228 g/mol. The van der Waals surface area contributed by atoms with E-state index < -0.39 is 5.97 Å². The minimum atomic E-state index is -0.709. The van der Waals surface area contributed by atoms with E-state index in [4.69, 9.17) is 5.11 Å². The molecule has 1 rings (SSSR count). The Morgan fingerprint density at radius 1 is 1.22 bits per heavy atom. The second-order valence-electron chi connectivity index (χ2n) is 5.40. The van der Waals surface area contributed by atoms with Crippen LogP contribution < -0.4 is 0 Å². The summed E-state index contributed by atoms with van der Waals surface area (Å²) in [7, 11) is 0. The zero-order chi connectivity index (χ0) is 13.4. The van der Waals surface area contributed by atoms with E-state index >= 15 is 0 Å². The Morgan fingerprint density at radius 2 is 2.00 bits per heavy atom. The molecule has 0 bridgehead atoms. The molecule has 0 aliphatic carbocycles. The van der Waals surface area contributed by atoms with Gasteiger partial charge in [0.15, 0.2) is 0 Å². The first-order valence-electron chi connectivity index (χ1n) is 7.31. The summed E-state index contributed by atoms with van der Waals surface area (Å²) in [6.45, 7) is 8.68. The molecule has 1 aliphatic heterocycles. The molecule has 0 radical (unpaired) electrons. The smallest absolute Gasteiger partial charge is 0.317 e. The van der Waals surface area contributed by atoms with Gasteiger partial charge in [-0.25, -0.2) is 0 Å². The number of carboxylic acids is 1. The average Bonchev–Trinajstić information content (AvgIpc) is 2.54. The third-order valence-corrected chi connectivity index (χ3v) is 3.83. The van der Waals surface area contributed by atoms with E-state index in [0.717, 1.165) is 32.6 Å². The van der Waals surface area contributed by atoms with Crippen molar-refractivity contribution in [3.8, 4) is 0 Å². The highest BCUT2D eigenvalue weighted by molar-refractivity contribution is 5.69. The zero-order valence-electron chi connectivity index (χ0n) is 11.9. The van der Waals surface area contributed by atoms with Crippen molar-refractivity contribution in [3.05, 3.63) is 0 Å². The van der Waals surface area contributed by atoms with Crippen molar-refractivity contribution in [2.45, 2.75) is 52.0 Å². The summed E-state index contributed by atoms with van der Waals surface area (Å²) in [6.07, 6.45) is 6.27. The van der Waals surface area contributed by atoms with Gasteiger partial charge >= 0.3 is 5.97 Å². The summed E-state index contributed by atoms with van der Waals surface area (Å²) in [5.74, 6) is -0.709. The zero-order valence-corrected chi connectivity index (χ0v) is 11.9. The molecule has 4 nitrogen and oxygen atoms in total. The van der Waals surface area contributed by atoms with E-state index in [0.29, 0.717) is 6.04 Å². The first-order valence-corrected chi connectivity index (χ1v) is 7.31. The van der Waals surface area contributed by atoms with Crippen molar-refractivity contribution >= 4 is 5.97 Å². The lowest BCUT2D eigenvalue weighted by Gasteiger charge is -2.27. The number of carbonyl (C=O) groups is 1. The molecule has 0 aromatic heterocycles. The molecule has 1 aliphatic rings. The summed E-state index contributed by atoms with van der Waals surface area (Å²) >= 11 is 0. The maximum atomic E-state index is 10.7. The highest BCUT2D eigenvalue weighted by Gasteiger charge is 2.19. The van der Waals surface area contributed by atoms with Gasteiger partial charge in [0.2, 0.25) is 0 Å². The van der Waals surface area contributed by atoms with Gasteiger partial charge in [0.25, 0.3) is 0 Å². The first kappa shape index (κ1) is 15.4. The number of hydrogen-bond acceptors (Lipinski definition) is 3. The molecule has 0 saturated carbocycles. The van der Waals surface area contributed by atoms with Gasteiger partial charge in [-0.3, -0.25) is 14.6 Å². The van der Waals surface area contributed by atoms with E-state index in [1.165, 1.54) is 25.7 Å².